The molecule has 2 aliphatic heterocycles. The van der Waals surface area contributed by atoms with Crippen LogP contribution in [0.1, 0.15) is 28.3 Å². The second-order valence-electron chi connectivity index (χ2n) is 14.5. The second kappa shape index (κ2) is 14.8. The second-order valence-corrected chi connectivity index (χ2v) is 19.2. The summed E-state index contributed by atoms with van der Waals surface area (Å²) in [6, 6.07) is 30.2. The van der Waals surface area contributed by atoms with Gasteiger partial charge in [-0.1, -0.05) is 55.9 Å². The average molecular weight is 755 g/mol. The molecule has 8 nitrogen and oxygen atoms in total. The van der Waals surface area contributed by atoms with Crippen LogP contribution in [0.4, 0.5) is 0 Å². The van der Waals surface area contributed by atoms with E-state index in [0.29, 0.717) is 23.0 Å². The molecule has 9 heteroatoms. The number of hydrogen-bond donors (Lipinski definition) is 2. The maximum absolute atomic E-state index is 5.95. The first kappa shape index (κ1) is 36.2. The van der Waals surface area contributed by atoms with Crippen molar-refractivity contribution in [3.05, 3.63) is 119 Å². The molecule has 8 bridgehead atoms. The molecule has 0 fully saturated rings. The molecule has 0 unspecified atom stereocenters. The number of nitrogens with zero attached hydrogens (tertiary/aromatic N) is 2. The molecule has 0 aliphatic carbocycles. The Bertz CT molecular complexity index is 2620. The molecule has 8 rings (SSSR count). The maximum atomic E-state index is 5.95. The van der Waals surface area contributed by atoms with Crippen molar-refractivity contribution in [2.45, 2.75) is 19.6 Å². The van der Waals surface area contributed by atoms with E-state index in [9.17, 15) is 0 Å². The van der Waals surface area contributed by atoms with Crippen molar-refractivity contribution in [2.75, 3.05) is 28.4 Å². The molecular formula is C47H42N4O4Si. The van der Waals surface area contributed by atoms with Gasteiger partial charge in [-0.05, 0) is 85.0 Å². The third kappa shape index (κ3) is 6.76. The summed E-state index contributed by atoms with van der Waals surface area (Å²) < 4.78 is 23.8. The van der Waals surface area contributed by atoms with Crippen LogP contribution >= 0.6 is 0 Å². The van der Waals surface area contributed by atoms with E-state index in [-0.39, 0.29) is 0 Å². The van der Waals surface area contributed by atoms with Crippen molar-refractivity contribution >= 4 is 54.4 Å². The Labute approximate surface area is 327 Å². The smallest absolute Gasteiger partial charge is 0.130 e. The minimum absolute atomic E-state index is 0.667. The summed E-state index contributed by atoms with van der Waals surface area (Å²) in [5.74, 6) is 6.22. The number of benzene rings is 3. The molecule has 0 radical (unpaired) electrons. The minimum Gasteiger partial charge on any atom is -0.496 e. The fourth-order valence-corrected chi connectivity index (χ4v) is 7.71. The first-order valence-electron chi connectivity index (χ1n) is 18.4. The molecular weight excluding hydrogens is 713 g/mol. The zero-order valence-electron chi connectivity index (χ0n) is 32.5. The molecule has 3 aromatic carbocycles. The van der Waals surface area contributed by atoms with Crippen LogP contribution in [0.25, 0.3) is 79.8 Å². The molecule has 0 amide bonds. The Balaban J connectivity index is 1.58. The van der Waals surface area contributed by atoms with E-state index in [4.69, 9.17) is 28.9 Å². The summed E-state index contributed by atoms with van der Waals surface area (Å²) in [5.41, 5.74) is 16.0. The third-order valence-electron chi connectivity index (χ3n) is 9.70. The van der Waals surface area contributed by atoms with E-state index in [0.717, 1.165) is 83.8 Å². The zero-order valence-corrected chi connectivity index (χ0v) is 33.5. The van der Waals surface area contributed by atoms with Crippen molar-refractivity contribution in [1.29, 1.82) is 0 Å². The van der Waals surface area contributed by atoms with Crippen LogP contribution in [-0.2, 0) is 0 Å². The first-order chi connectivity index (χ1) is 27.2. The standard InChI is InChI=1S/C47H42N4O4Si/c1-52-39-14-10-15-40(53-2)46(39)44-35-20-18-30(48-35)28-31-19-21-36(49-31)45(47-41(54-3)16-11-17-42(47)55-4)38-25-23-34(51-38)43(33-22-24-37(44)50-33)32-13-9-8-12-29(32)26-27-56(5,6)7/h8-25,28,48-49H,1-7H3. The maximum Gasteiger partial charge on any atom is 0.130 e. The molecule has 6 aromatic rings. The Hall–Kier alpha value is -6.76. The molecule has 56 heavy (non-hydrogen) atoms. The summed E-state index contributed by atoms with van der Waals surface area (Å²) in [6.07, 6.45) is 8.21. The van der Waals surface area contributed by atoms with Gasteiger partial charge in [-0.15, -0.1) is 5.54 Å². The van der Waals surface area contributed by atoms with Gasteiger partial charge in [-0.3, -0.25) is 0 Å². The molecule has 0 atom stereocenters. The van der Waals surface area contributed by atoms with Crippen LogP contribution in [0.5, 0.6) is 23.0 Å². The molecule has 5 heterocycles. The molecule has 3 aromatic heterocycles. The number of ether oxygens (including phenoxy) is 4. The van der Waals surface area contributed by atoms with Gasteiger partial charge in [0.15, 0.2) is 0 Å². The van der Waals surface area contributed by atoms with E-state index in [1.54, 1.807) is 28.4 Å². The van der Waals surface area contributed by atoms with Crippen molar-refractivity contribution < 1.29 is 18.9 Å². The van der Waals surface area contributed by atoms with Gasteiger partial charge < -0.3 is 28.9 Å². The highest BCUT2D eigenvalue weighted by molar-refractivity contribution is 6.83. The monoisotopic (exact) mass is 754 g/mol. The van der Waals surface area contributed by atoms with Crippen LogP contribution < -0.4 is 18.9 Å². The number of aromatic nitrogens is 4. The largest absolute Gasteiger partial charge is 0.496 e. The van der Waals surface area contributed by atoms with Gasteiger partial charge in [-0.2, -0.15) is 0 Å². The van der Waals surface area contributed by atoms with Crippen LogP contribution in [0.2, 0.25) is 19.6 Å². The van der Waals surface area contributed by atoms with E-state index in [1.807, 2.05) is 60.7 Å². The van der Waals surface area contributed by atoms with Crippen molar-refractivity contribution in [2.24, 2.45) is 0 Å². The van der Waals surface area contributed by atoms with Gasteiger partial charge in [0.05, 0.1) is 62.3 Å². The zero-order chi connectivity index (χ0) is 39.0. The summed E-state index contributed by atoms with van der Waals surface area (Å²) in [5, 5.41) is 0. The topological polar surface area (TPSA) is 94.3 Å². The SMILES string of the molecule is COc1cccc(OC)c1-c1c2nc(c(-c3ccccc3C#C[Si](C)(C)C)c3nc(c(-c4c(OC)cccc4OC)c4ccc(cc5ccc1[nH]5)[nH]4)C=C3)C=C2. The van der Waals surface area contributed by atoms with Gasteiger partial charge in [0.2, 0.25) is 0 Å². The number of H-pyrrole nitrogens is 2. The van der Waals surface area contributed by atoms with Gasteiger partial charge in [0, 0.05) is 49.9 Å². The van der Waals surface area contributed by atoms with E-state index in [2.05, 4.69) is 95.7 Å². The molecule has 0 saturated heterocycles. The van der Waals surface area contributed by atoms with Gasteiger partial charge in [-0.25, -0.2) is 9.97 Å². The molecule has 278 valence electrons. The number of hydrogen-bond acceptors (Lipinski definition) is 6. The number of fused-ring (bicyclic) bond motifs is 8. The number of aromatic amines is 2. The fraction of sp³-hybridized carbons (Fsp3) is 0.149. The molecule has 0 spiro atoms. The quantitative estimate of drug-likeness (QED) is 0.124. The van der Waals surface area contributed by atoms with Gasteiger partial charge in [0.1, 0.15) is 31.1 Å². The van der Waals surface area contributed by atoms with Crippen LogP contribution in [-0.4, -0.2) is 56.4 Å². The molecule has 2 aliphatic rings. The number of methoxy groups -OCH3 is 4. The lowest BCUT2D eigenvalue weighted by atomic mass is 9.97. The highest BCUT2D eigenvalue weighted by Crippen LogP contribution is 2.45. The normalized spacial score (nSPS) is 11.9. The summed E-state index contributed by atoms with van der Waals surface area (Å²) in [6.45, 7) is 6.75. The first-order valence-corrected chi connectivity index (χ1v) is 21.9. The summed E-state index contributed by atoms with van der Waals surface area (Å²) >= 11 is 0. The van der Waals surface area contributed by atoms with Crippen molar-refractivity contribution in [1.82, 2.24) is 19.9 Å². The minimum atomic E-state index is -1.72. The predicted octanol–water partition coefficient (Wildman–Crippen LogP) is 10.9. The Morgan fingerprint density at radius 1 is 0.482 bits per heavy atom. The van der Waals surface area contributed by atoms with Gasteiger partial charge in [0.25, 0.3) is 0 Å². The highest BCUT2D eigenvalue weighted by atomic mass is 28.3. The van der Waals surface area contributed by atoms with E-state index in [1.165, 1.54) is 0 Å². The molecule has 2 N–H and O–H groups in total. The van der Waals surface area contributed by atoms with E-state index >= 15 is 0 Å². The lowest BCUT2D eigenvalue weighted by molar-refractivity contribution is 0.397. The Morgan fingerprint density at radius 2 is 0.911 bits per heavy atom. The summed E-state index contributed by atoms with van der Waals surface area (Å²) in [7, 11) is 4.97. The highest BCUT2D eigenvalue weighted by Gasteiger charge is 2.24. The average Bonchev–Trinajstić information content (AvgIpc) is 4.05. The third-order valence-corrected chi connectivity index (χ3v) is 10.6. The molecule has 0 saturated carbocycles. The Morgan fingerprint density at radius 3 is 1.34 bits per heavy atom. The Kier molecular flexibility index (Phi) is 9.58. The predicted molar refractivity (Wildman–Crippen MR) is 232 cm³/mol. The lowest BCUT2D eigenvalue weighted by Gasteiger charge is -2.14. The lowest BCUT2D eigenvalue weighted by Crippen LogP contribution is -2.16. The van der Waals surface area contributed by atoms with Crippen molar-refractivity contribution in [3.63, 3.8) is 0 Å². The van der Waals surface area contributed by atoms with Crippen molar-refractivity contribution in [3.8, 4) is 67.8 Å². The number of rotatable bonds is 7. The number of nitrogens with one attached hydrogen (secondary N) is 2. The van der Waals surface area contributed by atoms with Crippen LogP contribution in [0, 0.1) is 11.5 Å². The van der Waals surface area contributed by atoms with Crippen LogP contribution in [0.3, 0.4) is 0 Å². The van der Waals surface area contributed by atoms with Crippen LogP contribution in [0.15, 0.2) is 91.0 Å². The van der Waals surface area contributed by atoms with Gasteiger partial charge >= 0.3 is 0 Å². The van der Waals surface area contributed by atoms with E-state index < -0.39 is 8.07 Å². The summed E-state index contributed by atoms with van der Waals surface area (Å²) in [4.78, 5) is 18.2. The fourth-order valence-electron chi connectivity index (χ4n) is 7.20.